The van der Waals surface area contributed by atoms with Crippen molar-refractivity contribution >= 4 is 10.2 Å². The highest BCUT2D eigenvalue weighted by Gasteiger charge is 2.32. The summed E-state index contributed by atoms with van der Waals surface area (Å²) in [5.41, 5.74) is 5.57. The third-order valence-corrected chi connectivity index (χ3v) is 6.40. The Hall–Kier alpha value is -0.170. The second-order valence-corrected chi connectivity index (χ2v) is 7.67. The van der Waals surface area contributed by atoms with Crippen molar-refractivity contribution in [1.29, 1.82) is 0 Å². The van der Waals surface area contributed by atoms with E-state index in [1.807, 2.05) is 0 Å². The van der Waals surface area contributed by atoms with Gasteiger partial charge in [-0.1, -0.05) is 12.8 Å². The van der Waals surface area contributed by atoms with Crippen molar-refractivity contribution in [3.8, 4) is 0 Å². The molecule has 112 valence electrons. The van der Waals surface area contributed by atoms with Gasteiger partial charge >= 0.3 is 0 Å². The molecule has 19 heavy (non-hydrogen) atoms. The van der Waals surface area contributed by atoms with Gasteiger partial charge in [-0.25, -0.2) is 0 Å². The van der Waals surface area contributed by atoms with E-state index in [1.165, 1.54) is 0 Å². The maximum absolute atomic E-state index is 12.6. The molecule has 0 radical (unpaired) electrons. The molecule has 5 nitrogen and oxygen atoms in total. The highest BCUT2D eigenvalue weighted by molar-refractivity contribution is 7.86. The highest BCUT2D eigenvalue weighted by atomic mass is 32.2. The van der Waals surface area contributed by atoms with Gasteiger partial charge in [0, 0.05) is 26.2 Å². The van der Waals surface area contributed by atoms with E-state index in [2.05, 4.69) is 0 Å². The number of hydrogen-bond donors (Lipinski definition) is 1. The summed E-state index contributed by atoms with van der Waals surface area (Å²) >= 11 is 0. The maximum atomic E-state index is 12.6. The van der Waals surface area contributed by atoms with Crippen LogP contribution in [0.2, 0.25) is 0 Å². The molecular formula is C13H27N3O2S. The molecule has 2 N–H and O–H groups in total. The van der Waals surface area contributed by atoms with E-state index >= 15 is 0 Å². The molecule has 0 atom stereocenters. The summed E-state index contributed by atoms with van der Waals surface area (Å²) in [5.74, 6) is 0.612. The van der Waals surface area contributed by atoms with E-state index in [0.717, 1.165) is 44.9 Å². The van der Waals surface area contributed by atoms with Gasteiger partial charge in [0.2, 0.25) is 0 Å². The Morgan fingerprint density at radius 1 is 0.895 bits per heavy atom. The van der Waals surface area contributed by atoms with E-state index in [1.54, 1.807) is 8.61 Å². The second kappa shape index (κ2) is 7.02. The fraction of sp³-hybridized carbons (Fsp3) is 1.00. The molecule has 2 aliphatic rings. The molecule has 2 saturated heterocycles. The van der Waals surface area contributed by atoms with Gasteiger partial charge in [0.1, 0.15) is 0 Å². The van der Waals surface area contributed by atoms with Crippen LogP contribution < -0.4 is 5.73 Å². The highest BCUT2D eigenvalue weighted by Crippen LogP contribution is 2.24. The lowest BCUT2D eigenvalue weighted by atomic mass is 9.95. The van der Waals surface area contributed by atoms with Crippen LogP contribution in [0.4, 0.5) is 0 Å². The Morgan fingerprint density at radius 3 is 1.95 bits per heavy atom. The topological polar surface area (TPSA) is 66.6 Å². The quantitative estimate of drug-likeness (QED) is 0.845. The molecule has 0 saturated carbocycles. The van der Waals surface area contributed by atoms with Crippen molar-refractivity contribution in [2.24, 2.45) is 11.7 Å². The van der Waals surface area contributed by atoms with E-state index in [-0.39, 0.29) is 0 Å². The van der Waals surface area contributed by atoms with Gasteiger partial charge in [-0.15, -0.1) is 0 Å². The van der Waals surface area contributed by atoms with Crippen molar-refractivity contribution < 1.29 is 8.42 Å². The van der Waals surface area contributed by atoms with Crippen LogP contribution >= 0.6 is 0 Å². The van der Waals surface area contributed by atoms with Gasteiger partial charge in [0.15, 0.2) is 0 Å². The minimum atomic E-state index is -3.21. The van der Waals surface area contributed by atoms with Gasteiger partial charge < -0.3 is 5.73 Å². The molecular weight excluding hydrogens is 262 g/mol. The predicted molar refractivity (Wildman–Crippen MR) is 76.9 cm³/mol. The summed E-state index contributed by atoms with van der Waals surface area (Å²) < 4.78 is 28.6. The van der Waals surface area contributed by atoms with E-state index in [0.29, 0.717) is 38.6 Å². The van der Waals surface area contributed by atoms with Crippen LogP contribution in [-0.2, 0) is 10.2 Å². The summed E-state index contributed by atoms with van der Waals surface area (Å²) in [7, 11) is -3.21. The molecule has 6 heteroatoms. The normalized spacial score (nSPS) is 25.3. The summed E-state index contributed by atoms with van der Waals surface area (Å²) in [6, 6.07) is 0. The summed E-state index contributed by atoms with van der Waals surface area (Å²) in [4.78, 5) is 0. The van der Waals surface area contributed by atoms with Crippen LogP contribution in [-0.4, -0.2) is 49.8 Å². The Kier molecular flexibility index (Phi) is 5.62. The van der Waals surface area contributed by atoms with Crippen LogP contribution in [0.3, 0.4) is 0 Å². The van der Waals surface area contributed by atoms with Crippen LogP contribution in [0.1, 0.15) is 44.9 Å². The number of piperidine rings is 1. The van der Waals surface area contributed by atoms with Crippen LogP contribution in [0.15, 0.2) is 0 Å². The zero-order valence-corrected chi connectivity index (χ0v) is 12.6. The monoisotopic (exact) mass is 289 g/mol. The van der Waals surface area contributed by atoms with Gasteiger partial charge in [-0.2, -0.15) is 17.0 Å². The van der Waals surface area contributed by atoms with Crippen LogP contribution in [0.25, 0.3) is 0 Å². The smallest absolute Gasteiger partial charge is 0.281 e. The molecule has 0 unspecified atom stereocenters. The Morgan fingerprint density at radius 2 is 1.42 bits per heavy atom. The van der Waals surface area contributed by atoms with E-state index < -0.39 is 10.2 Å². The Balaban J connectivity index is 1.92. The van der Waals surface area contributed by atoms with Gasteiger partial charge in [-0.05, 0) is 44.6 Å². The molecule has 2 aliphatic heterocycles. The second-order valence-electron chi connectivity index (χ2n) is 5.74. The molecule has 0 spiro atoms. The Bertz CT molecular complexity index is 356. The fourth-order valence-electron chi connectivity index (χ4n) is 3.10. The molecule has 2 fully saturated rings. The average molecular weight is 289 g/mol. The molecule has 0 amide bonds. The lowest BCUT2D eigenvalue weighted by Gasteiger charge is -2.34. The van der Waals surface area contributed by atoms with Gasteiger partial charge in [0.25, 0.3) is 10.2 Å². The standard InChI is InChI=1S/C13H27N3O2S/c14-8-5-13-6-11-16(12-7-13)19(17,18)15-9-3-1-2-4-10-15/h13H,1-12,14H2. The molecule has 2 rings (SSSR count). The first kappa shape index (κ1) is 15.2. The number of nitrogens with zero attached hydrogens (tertiary/aromatic N) is 2. The zero-order valence-electron chi connectivity index (χ0n) is 11.8. The number of hydrogen-bond acceptors (Lipinski definition) is 3. The van der Waals surface area contributed by atoms with Crippen LogP contribution in [0, 0.1) is 5.92 Å². The largest absolute Gasteiger partial charge is 0.330 e. The molecule has 0 aromatic rings. The van der Waals surface area contributed by atoms with Crippen molar-refractivity contribution in [3.63, 3.8) is 0 Å². The maximum Gasteiger partial charge on any atom is 0.281 e. The van der Waals surface area contributed by atoms with Crippen molar-refractivity contribution in [2.75, 3.05) is 32.7 Å². The van der Waals surface area contributed by atoms with Crippen molar-refractivity contribution in [2.45, 2.75) is 44.9 Å². The third-order valence-electron chi connectivity index (χ3n) is 4.37. The molecule has 0 aliphatic carbocycles. The van der Waals surface area contributed by atoms with Crippen molar-refractivity contribution in [1.82, 2.24) is 8.61 Å². The first-order valence-electron chi connectivity index (χ1n) is 7.60. The van der Waals surface area contributed by atoms with E-state index in [9.17, 15) is 8.42 Å². The van der Waals surface area contributed by atoms with Crippen molar-refractivity contribution in [3.05, 3.63) is 0 Å². The van der Waals surface area contributed by atoms with E-state index in [4.69, 9.17) is 5.73 Å². The average Bonchev–Trinajstić information content (AvgIpc) is 2.69. The number of nitrogens with two attached hydrogens (primary N) is 1. The molecule has 2 heterocycles. The van der Waals surface area contributed by atoms with Crippen LogP contribution in [0.5, 0.6) is 0 Å². The predicted octanol–water partition coefficient (Wildman–Crippen LogP) is 1.17. The zero-order chi connectivity index (χ0) is 13.7. The van der Waals surface area contributed by atoms with Gasteiger partial charge in [0.05, 0.1) is 0 Å². The number of rotatable bonds is 4. The molecule has 0 aromatic carbocycles. The van der Waals surface area contributed by atoms with Gasteiger partial charge in [-0.3, -0.25) is 0 Å². The summed E-state index contributed by atoms with van der Waals surface area (Å²) in [6.07, 6.45) is 7.27. The SMILES string of the molecule is NCCC1CCN(S(=O)(=O)N2CCCCCC2)CC1. The summed E-state index contributed by atoms with van der Waals surface area (Å²) in [6.45, 7) is 3.45. The Labute approximate surface area is 117 Å². The first-order chi connectivity index (χ1) is 9.14. The minimum Gasteiger partial charge on any atom is -0.330 e. The first-order valence-corrected chi connectivity index (χ1v) is 8.99. The minimum absolute atomic E-state index is 0.612. The summed E-state index contributed by atoms with van der Waals surface area (Å²) in [5, 5.41) is 0. The molecule has 0 bridgehead atoms. The lowest BCUT2D eigenvalue weighted by molar-refractivity contribution is 0.248. The lowest BCUT2D eigenvalue weighted by Crippen LogP contribution is -2.47. The fourth-order valence-corrected chi connectivity index (χ4v) is 4.82. The molecule has 0 aromatic heterocycles. The third kappa shape index (κ3) is 3.90.